The van der Waals surface area contributed by atoms with Crippen molar-refractivity contribution >= 4 is 15.7 Å². The molecule has 0 atom stereocenters. The van der Waals surface area contributed by atoms with E-state index in [1.807, 2.05) is 0 Å². The maximum absolute atomic E-state index is 12.4. The highest BCUT2D eigenvalue weighted by Crippen LogP contribution is 2.63. The number of benzene rings is 1. The second kappa shape index (κ2) is 4.19. The predicted octanol–water partition coefficient (Wildman–Crippen LogP) is 1.69. The van der Waals surface area contributed by atoms with Gasteiger partial charge < -0.3 is 5.43 Å². The number of nitrogens with two attached hydrogens (primary N) is 1. The lowest BCUT2D eigenvalue weighted by Gasteiger charge is -2.12. The fourth-order valence-electron chi connectivity index (χ4n) is 2.53. The zero-order chi connectivity index (χ0) is 14.5. The number of nitrogen functional groups attached to an aromatic ring is 1. The molecule has 106 valence electrons. The third-order valence-corrected chi connectivity index (χ3v) is 6.11. The van der Waals surface area contributed by atoms with Crippen molar-refractivity contribution in [3.8, 4) is 0 Å². The highest BCUT2D eigenvalue weighted by Gasteiger charge is 2.66. The van der Waals surface area contributed by atoms with Gasteiger partial charge in [0.15, 0.2) is 0 Å². The van der Waals surface area contributed by atoms with Gasteiger partial charge in [-0.2, -0.15) is 0 Å². The summed E-state index contributed by atoms with van der Waals surface area (Å²) in [7, 11) is -3.57. The number of hydrogen-bond donors (Lipinski definition) is 3. The molecular weight excluding hydrogens is 262 g/mol. The Kier molecular flexibility index (Phi) is 3.16. The van der Waals surface area contributed by atoms with Crippen molar-refractivity contribution in [2.24, 2.45) is 16.7 Å². The van der Waals surface area contributed by atoms with Crippen LogP contribution in [0.4, 0.5) is 5.69 Å². The molecule has 0 amide bonds. The minimum Gasteiger partial charge on any atom is -0.323 e. The van der Waals surface area contributed by atoms with E-state index < -0.39 is 10.0 Å². The van der Waals surface area contributed by atoms with Gasteiger partial charge in [-0.05, 0) is 23.0 Å². The number of rotatable bonds is 4. The van der Waals surface area contributed by atoms with Gasteiger partial charge in [-0.15, -0.1) is 0 Å². The van der Waals surface area contributed by atoms with Crippen LogP contribution in [0.1, 0.15) is 27.7 Å². The molecule has 0 unspecified atom stereocenters. The lowest BCUT2D eigenvalue weighted by molar-refractivity contribution is 0.457. The molecule has 5 nitrogen and oxygen atoms in total. The lowest BCUT2D eigenvalue weighted by atomic mass is 10.0. The lowest BCUT2D eigenvalue weighted by Crippen LogP contribution is -2.30. The average Bonchev–Trinajstić information content (AvgIpc) is 2.71. The molecule has 1 fully saturated rings. The minimum absolute atomic E-state index is 0.0504. The Hall–Kier alpha value is -1.11. The van der Waals surface area contributed by atoms with Crippen LogP contribution >= 0.6 is 0 Å². The molecule has 1 saturated carbocycles. The highest BCUT2D eigenvalue weighted by molar-refractivity contribution is 7.89. The first-order chi connectivity index (χ1) is 8.64. The predicted molar refractivity (Wildman–Crippen MR) is 75.9 cm³/mol. The average molecular weight is 283 g/mol. The Labute approximate surface area is 114 Å². The van der Waals surface area contributed by atoms with Crippen LogP contribution in [0.25, 0.3) is 0 Å². The van der Waals surface area contributed by atoms with Crippen molar-refractivity contribution in [1.29, 1.82) is 0 Å². The minimum atomic E-state index is -3.57. The van der Waals surface area contributed by atoms with Gasteiger partial charge in [-0.25, -0.2) is 13.1 Å². The van der Waals surface area contributed by atoms with Gasteiger partial charge in [-0.1, -0.05) is 39.8 Å². The van der Waals surface area contributed by atoms with E-state index in [-0.39, 0.29) is 21.8 Å². The second-order valence-electron chi connectivity index (χ2n) is 6.14. The molecule has 1 aliphatic rings. The molecule has 0 spiro atoms. The number of hydrazine groups is 1. The van der Waals surface area contributed by atoms with Gasteiger partial charge >= 0.3 is 0 Å². The maximum Gasteiger partial charge on any atom is 0.242 e. The summed E-state index contributed by atoms with van der Waals surface area (Å²) in [4.78, 5) is 0.177. The third-order valence-electron chi connectivity index (χ3n) is 4.63. The summed E-state index contributed by atoms with van der Waals surface area (Å²) < 4.78 is 27.6. The van der Waals surface area contributed by atoms with Gasteiger partial charge in [0, 0.05) is 6.04 Å². The van der Waals surface area contributed by atoms with E-state index in [9.17, 15) is 8.42 Å². The molecule has 6 heteroatoms. The smallest absolute Gasteiger partial charge is 0.242 e. The molecule has 4 N–H and O–H groups in total. The molecule has 0 bridgehead atoms. The zero-order valence-electron chi connectivity index (χ0n) is 11.7. The Morgan fingerprint density at radius 2 is 1.63 bits per heavy atom. The van der Waals surface area contributed by atoms with Crippen LogP contribution in [-0.4, -0.2) is 14.5 Å². The summed E-state index contributed by atoms with van der Waals surface area (Å²) in [5.41, 5.74) is 2.71. The van der Waals surface area contributed by atoms with Gasteiger partial charge in [0.2, 0.25) is 10.0 Å². The summed E-state index contributed by atoms with van der Waals surface area (Å²) >= 11 is 0. The summed E-state index contributed by atoms with van der Waals surface area (Å²) in [6, 6.07) is 6.52. The molecule has 0 aromatic heterocycles. The van der Waals surface area contributed by atoms with E-state index in [1.165, 1.54) is 0 Å². The molecule has 0 radical (unpaired) electrons. The standard InChI is InChI=1S/C13H21N3O2S/c1-12(2)11(13(12,3)4)16-19(17,18)10-8-6-5-7-9(10)15-14/h5-8,11,15-16H,14H2,1-4H3. The summed E-state index contributed by atoms with van der Waals surface area (Å²) in [6.07, 6.45) is 0. The Morgan fingerprint density at radius 3 is 2.11 bits per heavy atom. The molecule has 19 heavy (non-hydrogen) atoms. The summed E-state index contributed by atoms with van der Waals surface area (Å²) in [6.45, 7) is 8.25. The van der Waals surface area contributed by atoms with Crippen molar-refractivity contribution < 1.29 is 8.42 Å². The number of para-hydroxylation sites is 1. The van der Waals surface area contributed by atoms with Crippen LogP contribution in [0.2, 0.25) is 0 Å². The van der Waals surface area contributed by atoms with Crippen molar-refractivity contribution in [3.05, 3.63) is 24.3 Å². The van der Waals surface area contributed by atoms with Gasteiger partial charge in [-0.3, -0.25) is 5.84 Å². The molecule has 1 aromatic rings. The first-order valence-corrected chi connectivity index (χ1v) is 7.71. The van der Waals surface area contributed by atoms with Crippen molar-refractivity contribution in [2.75, 3.05) is 5.43 Å². The van der Waals surface area contributed by atoms with Crippen LogP contribution in [0.5, 0.6) is 0 Å². The van der Waals surface area contributed by atoms with Crippen LogP contribution < -0.4 is 16.0 Å². The fourth-order valence-corrected chi connectivity index (χ4v) is 4.23. The summed E-state index contributed by atoms with van der Waals surface area (Å²) in [5, 5.41) is 0. The summed E-state index contributed by atoms with van der Waals surface area (Å²) in [5.74, 6) is 5.36. The monoisotopic (exact) mass is 283 g/mol. The molecule has 0 heterocycles. The highest BCUT2D eigenvalue weighted by atomic mass is 32.2. The van der Waals surface area contributed by atoms with E-state index >= 15 is 0 Å². The van der Waals surface area contributed by atoms with Crippen LogP contribution in [0.15, 0.2) is 29.2 Å². The van der Waals surface area contributed by atoms with Gasteiger partial charge in [0.1, 0.15) is 4.90 Å². The Balaban J connectivity index is 2.31. The number of sulfonamides is 1. The van der Waals surface area contributed by atoms with Gasteiger partial charge in [0.05, 0.1) is 5.69 Å². The number of anilines is 1. The van der Waals surface area contributed by atoms with E-state index in [0.717, 1.165) is 0 Å². The van der Waals surface area contributed by atoms with E-state index in [4.69, 9.17) is 5.84 Å². The Morgan fingerprint density at radius 1 is 1.11 bits per heavy atom. The molecule has 2 rings (SSSR count). The largest absolute Gasteiger partial charge is 0.323 e. The van der Waals surface area contributed by atoms with Crippen molar-refractivity contribution in [3.63, 3.8) is 0 Å². The normalized spacial score (nSPS) is 21.1. The first-order valence-electron chi connectivity index (χ1n) is 6.22. The molecule has 0 aliphatic heterocycles. The molecule has 0 saturated heterocycles. The maximum atomic E-state index is 12.4. The van der Waals surface area contributed by atoms with E-state index in [1.54, 1.807) is 24.3 Å². The Bertz CT molecular complexity index is 580. The number of nitrogens with one attached hydrogen (secondary N) is 2. The van der Waals surface area contributed by atoms with E-state index in [2.05, 4.69) is 37.8 Å². The van der Waals surface area contributed by atoms with Crippen LogP contribution in [-0.2, 0) is 10.0 Å². The van der Waals surface area contributed by atoms with Crippen LogP contribution in [0, 0.1) is 10.8 Å². The third kappa shape index (κ3) is 2.13. The molecule has 1 aromatic carbocycles. The molecular formula is C13H21N3O2S. The van der Waals surface area contributed by atoms with Crippen molar-refractivity contribution in [2.45, 2.75) is 38.6 Å². The van der Waals surface area contributed by atoms with Crippen molar-refractivity contribution in [1.82, 2.24) is 4.72 Å². The second-order valence-corrected chi connectivity index (χ2v) is 7.82. The van der Waals surface area contributed by atoms with Gasteiger partial charge in [0.25, 0.3) is 0 Å². The molecule has 1 aliphatic carbocycles. The fraction of sp³-hybridized carbons (Fsp3) is 0.538. The SMILES string of the molecule is CC1(C)C(NS(=O)(=O)c2ccccc2NN)C1(C)C. The van der Waals surface area contributed by atoms with E-state index in [0.29, 0.717) is 5.69 Å². The number of hydrogen-bond acceptors (Lipinski definition) is 4. The topological polar surface area (TPSA) is 84.2 Å². The first kappa shape index (κ1) is 14.3. The zero-order valence-corrected chi connectivity index (χ0v) is 12.5. The quantitative estimate of drug-likeness (QED) is 0.580. The van der Waals surface area contributed by atoms with Crippen LogP contribution in [0.3, 0.4) is 0 Å².